The van der Waals surface area contributed by atoms with Gasteiger partial charge < -0.3 is 4.90 Å². The van der Waals surface area contributed by atoms with Gasteiger partial charge in [0.25, 0.3) is 0 Å². The van der Waals surface area contributed by atoms with Gasteiger partial charge in [-0.2, -0.15) is 0 Å². The highest BCUT2D eigenvalue weighted by Gasteiger charge is 2.30. The minimum absolute atomic E-state index is 0.202. The van der Waals surface area contributed by atoms with Crippen molar-refractivity contribution in [2.75, 3.05) is 26.2 Å². The maximum Gasteiger partial charge on any atom is 0.236 e. The fourth-order valence-corrected chi connectivity index (χ4v) is 3.77. The molecule has 0 N–H and O–H groups in total. The summed E-state index contributed by atoms with van der Waals surface area (Å²) in [7, 11) is 0. The van der Waals surface area contributed by atoms with Gasteiger partial charge >= 0.3 is 0 Å². The molecule has 1 aromatic carbocycles. The van der Waals surface area contributed by atoms with Crippen LogP contribution in [0.2, 0.25) is 0 Å². The van der Waals surface area contributed by atoms with Gasteiger partial charge in [-0.05, 0) is 55.8 Å². The van der Waals surface area contributed by atoms with Crippen LogP contribution in [0.4, 0.5) is 4.39 Å². The monoisotopic (exact) mass is 304 g/mol. The number of amides is 1. The molecule has 2 saturated heterocycles. The number of carbonyl (C=O) groups is 1. The van der Waals surface area contributed by atoms with Crippen LogP contribution >= 0.6 is 0 Å². The highest BCUT2D eigenvalue weighted by molar-refractivity contribution is 5.78. The molecule has 0 saturated carbocycles. The van der Waals surface area contributed by atoms with Crippen LogP contribution < -0.4 is 0 Å². The van der Waals surface area contributed by atoms with Gasteiger partial charge in [-0.1, -0.05) is 19.1 Å². The lowest BCUT2D eigenvalue weighted by Crippen LogP contribution is -2.44. The maximum absolute atomic E-state index is 13.1. The Morgan fingerprint density at radius 2 is 1.91 bits per heavy atom. The zero-order valence-electron chi connectivity index (χ0n) is 13.3. The summed E-state index contributed by atoms with van der Waals surface area (Å²) >= 11 is 0. The summed E-state index contributed by atoms with van der Waals surface area (Å²) in [6.45, 7) is 5.47. The van der Waals surface area contributed by atoms with Crippen LogP contribution in [0.3, 0.4) is 0 Å². The van der Waals surface area contributed by atoms with Gasteiger partial charge in [0.1, 0.15) is 5.82 Å². The van der Waals surface area contributed by atoms with E-state index in [0.717, 1.165) is 44.5 Å². The first-order valence-electron chi connectivity index (χ1n) is 8.41. The lowest BCUT2D eigenvalue weighted by atomic mass is 10.0. The lowest BCUT2D eigenvalue weighted by Gasteiger charge is -2.33. The molecule has 0 aliphatic carbocycles. The second-order valence-electron chi connectivity index (χ2n) is 6.77. The van der Waals surface area contributed by atoms with E-state index in [1.165, 1.54) is 18.6 Å². The van der Waals surface area contributed by atoms with Crippen molar-refractivity contribution in [1.82, 2.24) is 9.80 Å². The van der Waals surface area contributed by atoms with Crippen molar-refractivity contribution in [2.45, 2.75) is 38.6 Å². The summed E-state index contributed by atoms with van der Waals surface area (Å²) in [5.41, 5.74) is 1.12. The van der Waals surface area contributed by atoms with Crippen molar-refractivity contribution in [2.24, 2.45) is 5.92 Å². The van der Waals surface area contributed by atoms with Crippen LogP contribution in [-0.2, 0) is 4.79 Å². The zero-order chi connectivity index (χ0) is 15.5. The minimum Gasteiger partial charge on any atom is -0.341 e. The van der Waals surface area contributed by atoms with E-state index >= 15 is 0 Å². The maximum atomic E-state index is 13.1. The number of carbonyl (C=O) groups excluding carboxylic acids is 1. The molecule has 22 heavy (non-hydrogen) atoms. The molecule has 2 aliphatic rings. The molecule has 0 radical (unpaired) electrons. The van der Waals surface area contributed by atoms with Crippen molar-refractivity contribution in [3.8, 4) is 0 Å². The number of piperidine rings is 1. The topological polar surface area (TPSA) is 23.6 Å². The van der Waals surface area contributed by atoms with E-state index in [0.29, 0.717) is 12.5 Å². The van der Waals surface area contributed by atoms with E-state index in [1.807, 2.05) is 17.0 Å². The van der Waals surface area contributed by atoms with Crippen molar-refractivity contribution in [3.63, 3.8) is 0 Å². The Labute approximate surface area is 132 Å². The number of rotatable bonds is 3. The van der Waals surface area contributed by atoms with Crippen molar-refractivity contribution >= 4 is 5.91 Å². The summed E-state index contributed by atoms with van der Waals surface area (Å²) in [6.07, 6.45) is 4.50. The van der Waals surface area contributed by atoms with Crippen LogP contribution in [0.1, 0.15) is 44.2 Å². The molecule has 3 nitrogen and oxygen atoms in total. The second-order valence-corrected chi connectivity index (χ2v) is 6.77. The molecule has 2 unspecified atom stereocenters. The molecule has 2 atom stereocenters. The Bertz CT molecular complexity index is 516. The van der Waals surface area contributed by atoms with Gasteiger partial charge in [0.15, 0.2) is 0 Å². The van der Waals surface area contributed by atoms with E-state index in [2.05, 4.69) is 11.8 Å². The molecule has 4 heteroatoms. The van der Waals surface area contributed by atoms with Gasteiger partial charge in [0.05, 0.1) is 6.54 Å². The molecule has 0 aromatic heterocycles. The van der Waals surface area contributed by atoms with Crippen LogP contribution in [-0.4, -0.2) is 41.9 Å². The third-order valence-electron chi connectivity index (χ3n) is 4.97. The van der Waals surface area contributed by atoms with Gasteiger partial charge in [-0.25, -0.2) is 4.39 Å². The van der Waals surface area contributed by atoms with Gasteiger partial charge in [0.2, 0.25) is 5.91 Å². The number of hydrogen-bond donors (Lipinski definition) is 0. The molecular formula is C18H25FN2O. The predicted octanol–water partition coefficient (Wildman–Crippen LogP) is 3.22. The number of hydrogen-bond acceptors (Lipinski definition) is 2. The van der Waals surface area contributed by atoms with Crippen molar-refractivity contribution < 1.29 is 9.18 Å². The van der Waals surface area contributed by atoms with Crippen LogP contribution in [0.25, 0.3) is 0 Å². The quantitative estimate of drug-likeness (QED) is 0.856. The number of benzene rings is 1. The average molecular weight is 304 g/mol. The number of halogens is 1. The van der Waals surface area contributed by atoms with Crippen molar-refractivity contribution in [3.05, 3.63) is 35.6 Å². The summed E-state index contributed by atoms with van der Waals surface area (Å²) in [6, 6.07) is 6.99. The van der Waals surface area contributed by atoms with Crippen LogP contribution in [0, 0.1) is 11.7 Å². The number of nitrogens with zero attached hydrogens (tertiary/aromatic N) is 2. The number of likely N-dealkylation sites (tertiary alicyclic amines) is 2. The van der Waals surface area contributed by atoms with Crippen molar-refractivity contribution in [1.29, 1.82) is 0 Å². The summed E-state index contributed by atoms with van der Waals surface area (Å²) in [4.78, 5) is 16.8. The Morgan fingerprint density at radius 1 is 1.18 bits per heavy atom. The molecule has 2 aliphatic heterocycles. The van der Waals surface area contributed by atoms with Gasteiger partial charge in [-0.3, -0.25) is 9.69 Å². The fraction of sp³-hybridized carbons (Fsp3) is 0.611. The molecule has 120 valence electrons. The Hall–Kier alpha value is -1.42. The Morgan fingerprint density at radius 3 is 2.64 bits per heavy atom. The van der Waals surface area contributed by atoms with Crippen LogP contribution in [0.15, 0.2) is 24.3 Å². The Balaban J connectivity index is 1.63. The molecule has 0 spiro atoms. The first kappa shape index (κ1) is 15.5. The lowest BCUT2D eigenvalue weighted by molar-refractivity contribution is -0.134. The summed E-state index contributed by atoms with van der Waals surface area (Å²) in [5.74, 6) is 0.663. The van der Waals surface area contributed by atoms with Gasteiger partial charge in [0, 0.05) is 19.1 Å². The smallest absolute Gasteiger partial charge is 0.236 e. The second kappa shape index (κ2) is 6.78. The predicted molar refractivity (Wildman–Crippen MR) is 84.9 cm³/mol. The van der Waals surface area contributed by atoms with Gasteiger partial charge in [-0.15, -0.1) is 0 Å². The van der Waals surface area contributed by atoms with Crippen LogP contribution in [0.5, 0.6) is 0 Å². The first-order valence-corrected chi connectivity index (χ1v) is 8.41. The molecule has 1 aromatic rings. The largest absolute Gasteiger partial charge is 0.341 e. The zero-order valence-corrected chi connectivity index (χ0v) is 13.3. The normalized spacial score (nSPS) is 26.4. The SMILES string of the molecule is CC1CCCN(C(=O)CN2CCCC2c2ccc(F)cc2)C1. The Kier molecular flexibility index (Phi) is 4.77. The molecule has 3 rings (SSSR count). The van der Waals surface area contributed by atoms with E-state index in [9.17, 15) is 9.18 Å². The van der Waals surface area contributed by atoms with E-state index < -0.39 is 0 Å². The highest BCUT2D eigenvalue weighted by atomic mass is 19.1. The molecular weight excluding hydrogens is 279 g/mol. The third kappa shape index (κ3) is 3.49. The molecule has 2 heterocycles. The molecule has 2 fully saturated rings. The first-order chi connectivity index (χ1) is 10.6. The third-order valence-corrected chi connectivity index (χ3v) is 4.97. The molecule has 1 amide bonds. The fourth-order valence-electron chi connectivity index (χ4n) is 3.77. The summed E-state index contributed by atoms with van der Waals surface area (Å²) < 4.78 is 13.1. The minimum atomic E-state index is -0.202. The van der Waals surface area contributed by atoms with E-state index in [-0.39, 0.29) is 17.8 Å². The average Bonchev–Trinajstić information content (AvgIpc) is 2.96. The standard InChI is InChI=1S/C18H25FN2O/c1-14-4-2-11-21(12-14)18(22)13-20-10-3-5-17(20)15-6-8-16(19)9-7-15/h6-9,14,17H,2-5,10-13H2,1H3. The summed E-state index contributed by atoms with van der Waals surface area (Å²) in [5, 5.41) is 0. The molecule has 0 bridgehead atoms. The van der Waals surface area contributed by atoms with E-state index in [4.69, 9.17) is 0 Å². The highest BCUT2D eigenvalue weighted by Crippen LogP contribution is 2.32. The van der Waals surface area contributed by atoms with E-state index in [1.54, 1.807) is 0 Å².